The Morgan fingerprint density at radius 2 is 1.95 bits per heavy atom. The van der Waals surface area contributed by atoms with Gasteiger partial charge in [-0.15, -0.1) is 0 Å². The number of hydrogen-bond acceptors (Lipinski definition) is 3. The summed E-state index contributed by atoms with van der Waals surface area (Å²) in [7, 11) is 1.63. The Morgan fingerprint density at radius 3 is 2.73 bits per heavy atom. The quantitative estimate of drug-likeness (QED) is 0.920. The van der Waals surface area contributed by atoms with Gasteiger partial charge in [0.25, 0.3) is 0 Å². The summed E-state index contributed by atoms with van der Waals surface area (Å²) in [5, 5.41) is 2.93. The number of nitrogens with one attached hydrogen (secondary N) is 1. The summed E-state index contributed by atoms with van der Waals surface area (Å²) in [5.41, 5.74) is 2.92. The van der Waals surface area contributed by atoms with Crippen molar-refractivity contribution in [2.75, 3.05) is 19.0 Å². The fourth-order valence-corrected chi connectivity index (χ4v) is 2.92. The van der Waals surface area contributed by atoms with Gasteiger partial charge in [0.05, 0.1) is 19.6 Å². The minimum absolute atomic E-state index is 0.0325. The Hall–Kier alpha value is -2.49. The Morgan fingerprint density at radius 1 is 1.14 bits per heavy atom. The fraction of sp³-hybridized carbons (Fsp3) is 0.278. The van der Waals surface area contributed by atoms with Gasteiger partial charge < -0.3 is 14.8 Å². The van der Waals surface area contributed by atoms with Crippen LogP contribution in [0.4, 0.5) is 5.69 Å². The number of ether oxygens (including phenoxy) is 2. The third-order valence-corrected chi connectivity index (χ3v) is 3.90. The number of carbonyl (C=O) groups excluding carboxylic acids is 1. The number of rotatable bonds is 5. The van der Waals surface area contributed by atoms with Crippen LogP contribution in [0.25, 0.3) is 0 Å². The van der Waals surface area contributed by atoms with Gasteiger partial charge in [0, 0.05) is 5.69 Å². The first kappa shape index (κ1) is 14.4. The van der Waals surface area contributed by atoms with Gasteiger partial charge in [0.1, 0.15) is 0 Å². The average Bonchev–Trinajstić information content (AvgIpc) is 2.84. The molecule has 3 rings (SSSR count). The van der Waals surface area contributed by atoms with Gasteiger partial charge in [0.15, 0.2) is 11.5 Å². The fourth-order valence-electron chi connectivity index (χ4n) is 2.92. The van der Waals surface area contributed by atoms with Crippen molar-refractivity contribution in [1.82, 2.24) is 0 Å². The van der Waals surface area contributed by atoms with Gasteiger partial charge >= 0.3 is 0 Å². The molecule has 22 heavy (non-hydrogen) atoms. The SMILES string of the molecule is CCOc1cccc(CC2C(=O)Nc3ccccc32)c1OC. The number of carbonyl (C=O) groups is 1. The lowest BCUT2D eigenvalue weighted by molar-refractivity contribution is -0.117. The monoisotopic (exact) mass is 297 g/mol. The zero-order valence-corrected chi connectivity index (χ0v) is 12.8. The molecule has 1 aliphatic rings. The number of hydrogen-bond donors (Lipinski definition) is 1. The van der Waals surface area contributed by atoms with E-state index in [9.17, 15) is 4.79 Å². The second-order valence-electron chi connectivity index (χ2n) is 5.21. The van der Waals surface area contributed by atoms with Crippen molar-refractivity contribution >= 4 is 11.6 Å². The molecule has 0 saturated carbocycles. The van der Waals surface area contributed by atoms with Crippen molar-refractivity contribution in [2.45, 2.75) is 19.3 Å². The number of para-hydroxylation sites is 2. The molecule has 1 atom stereocenters. The van der Waals surface area contributed by atoms with Gasteiger partial charge in [-0.25, -0.2) is 0 Å². The molecule has 0 aliphatic carbocycles. The van der Waals surface area contributed by atoms with Crippen LogP contribution in [0.3, 0.4) is 0 Å². The number of methoxy groups -OCH3 is 1. The molecule has 0 fully saturated rings. The molecule has 0 bridgehead atoms. The first-order valence-corrected chi connectivity index (χ1v) is 7.43. The van der Waals surface area contributed by atoms with E-state index >= 15 is 0 Å². The standard InChI is InChI=1S/C18H19NO3/c1-3-22-16-10-6-7-12(17(16)21-2)11-14-13-8-4-5-9-15(13)19-18(14)20/h4-10,14H,3,11H2,1-2H3,(H,19,20). The van der Waals surface area contributed by atoms with Crippen LogP contribution in [0.15, 0.2) is 42.5 Å². The summed E-state index contributed by atoms with van der Waals surface area (Å²) < 4.78 is 11.1. The lowest BCUT2D eigenvalue weighted by atomic mass is 9.92. The molecular weight excluding hydrogens is 278 g/mol. The van der Waals surface area contributed by atoms with Crippen LogP contribution in [0.5, 0.6) is 11.5 Å². The maximum atomic E-state index is 12.3. The van der Waals surface area contributed by atoms with E-state index in [1.165, 1.54) is 0 Å². The van der Waals surface area contributed by atoms with E-state index in [2.05, 4.69) is 5.32 Å². The molecule has 1 amide bonds. The summed E-state index contributed by atoms with van der Waals surface area (Å²) in [6.45, 7) is 2.51. The maximum absolute atomic E-state index is 12.3. The zero-order valence-electron chi connectivity index (χ0n) is 12.8. The molecule has 0 aromatic heterocycles. The van der Waals surface area contributed by atoms with E-state index in [4.69, 9.17) is 9.47 Å². The van der Waals surface area contributed by atoms with Crippen molar-refractivity contribution in [1.29, 1.82) is 0 Å². The summed E-state index contributed by atoms with van der Waals surface area (Å²) in [5.74, 6) is 1.27. The highest BCUT2D eigenvalue weighted by molar-refractivity contribution is 6.03. The Kier molecular flexibility index (Phi) is 4.00. The van der Waals surface area contributed by atoms with E-state index < -0.39 is 0 Å². The van der Waals surface area contributed by atoms with Crippen molar-refractivity contribution in [2.24, 2.45) is 0 Å². The lowest BCUT2D eigenvalue weighted by Crippen LogP contribution is -2.14. The van der Waals surface area contributed by atoms with Gasteiger partial charge in [0.2, 0.25) is 5.91 Å². The topological polar surface area (TPSA) is 47.6 Å². The molecule has 1 heterocycles. The van der Waals surface area contributed by atoms with Crippen LogP contribution >= 0.6 is 0 Å². The highest BCUT2D eigenvalue weighted by Crippen LogP contribution is 2.38. The van der Waals surface area contributed by atoms with Gasteiger partial charge in [-0.2, -0.15) is 0 Å². The molecule has 0 spiro atoms. The van der Waals surface area contributed by atoms with Crippen LogP contribution in [0, 0.1) is 0 Å². The predicted octanol–water partition coefficient (Wildman–Crippen LogP) is 3.37. The van der Waals surface area contributed by atoms with Crippen LogP contribution < -0.4 is 14.8 Å². The van der Waals surface area contributed by atoms with E-state index in [-0.39, 0.29) is 11.8 Å². The Labute approximate surface area is 130 Å². The third-order valence-electron chi connectivity index (χ3n) is 3.90. The number of benzene rings is 2. The van der Waals surface area contributed by atoms with Crippen molar-refractivity contribution in [3.8, 4) is 11.5 Å². The molecule has 1 unspecified atom stereocenters. The summed E-state index contributed by atoms with van der Waals surface area (Å²) >= 11 is 0. The van der Waals surface area contributed by atoms with Crippen LogP contribution in [-0.2, 0) is 11.2 Å². The van der Waals surface area contributed by atoms with E-state index in [1.54, 1.807) is 7.11 Å². The molecule has 2 aromatic carbocycles. The van der Waals surface area contributed by atoms with Crippen LogP contribution in [0.2, 0.25) is 0 Å². The third kappa shape index (κ3) is 2.52. The first-order valence-electron chi connectivity index (χ1n) is 7.43. The summed E-state index contributed by atoms with van der Waals surface area (Å²) in [6.07, 6.45) is 0.590. The largest absolute Gasteiger partial charge is 0.493 e. The molecule has 2 aromatic rings. The minimum atomic E-state index is -0.193. The molecular formula is C18H19NO3. The second-order valence-corrected chi connectivity index (χ2v) is 5.21. The molecule has 4 heteroatoms. The lowest BCUT2D eigenvalue weighted by Gasteiger charge is -2.15. The summed E-state index contributed by atoms with van der Waals surface area (Å²) in [4.78, 5) is 12.3. The predicted molar refractivity (Wildman–Crippen MR) is 85.7 cm³/mol. The number of amides is 1. The molecule has 0 saturated heterocycles. The van der Waals surface area contributed by atoms with Crippen LogP contribution in [0.1, 0.15) is 24.0 Å². The summed E-state index contributed by atoms with van der Waals surface area (Å²) in [6, 6.07) is 13.6. The average molecular weight is 297 g/mol. The van der Waals surface area contributed by atoms with Crippen molar-refractivity contribution in [3.63, 3.8) is 0 Å². The molecule has 0 radical (unpaired) electrons. The molecule has 114 valence electrons. The van der Waals surface area contributed by atoms with Crippen LogP contribution in [-0.4, -0.2) is 19.6 Å². The van der Waals surface area contributed by atoms with Gasteiger partial charge in [-0.1, -0.05) is 30.3 Å². The van der Waals surface area contributed by atoms with Gasteiger partial charge in [-0.05, 0) is 36.6 Å². The smallest absolute Gasteiger partial charge is 0.232 e. The second kappa shape index (κ2) is 6.10. The highest BCUT2D eigenvalue weighted by atomic mass is 16.5. The number of fused-ring (bicyclic) bond motifs is 1. The molecule has 1 N–H and O–H groups in total. The minimum Gasteiger partial charge on any atom is -0.493 e. The Bertz CT molecular complexity index is 696. The van der Waals surface area contributed by atoms with Crippen molar-refractivity contribution in [3.05, 3.63) is 53.6 Å². The molecule has 1 aliphatic heterocycles. The first-order chi connectivity index (χ1) is 10.7. The molecule has 4 nitrogen and oxygen atoms in total. The maximum Gasteiger partial charge on any atom is 0.232 e. The van der Waals surface area contributed by atoms with E-state index in [0.717, 1.165) is 16.8 Å². The number of anilines is 1. The highest BCUT2D eigenvalue weighted by Gasteiger charge is 2.31. The Balaban J connectivity index is 1.94. The van der Waals surface area contributed by atoms with Gasteiger partial charge in [-0.3, -0.25) is 4.79 Å². The van der Waals surface area contributed by atoms with Crippen molar-refractivity contribution < 1.29 is 14.3 Å². The zero-order chi connectivity index (χ0) is 15.5. The van der Waals surface area contributed by atoms with E-state index in [0.29, 0.717) is 24.5 Å². The normalized spacial score (nSPS) is 16.1. The van der Waals surface area contributed by atoms with E-state index in [1.807, 2.05) is 49.4 Å².